The third-order valence-electron chi connectivity index (χ3n) is 4.86. The highest BCUT2D eigenvalue weighted by atomic mass is 32.2. The highest BCUT2D eigenvalue weighted by Gasteiger charge is 2.29. The Kier molecular flexibility index (Phi) is 6.80. The SMILES string of the molecule is COc1cc(-c2nnc(S(=O)(=O)CC(=O)N3CCCCCC3)o2)cc(OC)c1OC. The number of rotatable bonds is 7. The lowest BCUT2D eigenvalue weighted by Crippen LogP contribution is -2.36. The zero-order chi connectivity index (χ0) is 21.7. The van der Waals surface area contributed by atoms with E-state index in [2.05, 4.69) is 10.2 Å². The van der Waals surface area contributed by atoms with E-state index in [1.54, 1.807) is 17.0 Å². The maximum Gasteiger partial charge on any atom is 0.336 e. The molecule has 1 aromatic carbocycles. The van der Waals surface area contributed by atoms with Gasteiger partial charge in [-0.1, -0.05) is 17.9 Å². The van der Waals surface area contributed by atoms with E-state index < -0.39 is 26.7 Å². The van der Waals surface area contributed by atoms with Crippen molar-refractivity contribution < 1.29 is 31.8 Å². The predicted octanol–water partition coefficient (Wildman–Crippen LogP) is 1.94. The Hall–Kier alpha value is -2.82. The maximum absolute atomic E-state index is 12.6. The van der Waals surface area contributed by atoms with Crippen LogP contribution in [0.3, 0.4) is 0 Å². The molecule has 0 bridgehead atoms. The van der Waals surface area contributed by atoms with Crippen molar-refractivity contribution in [3.8, 4) is 28.7 Å². The fraction of sp³-hybridized carbons (Fsp3) is 0.526. The van der Waals surface area contributed by atoms with Crippen molar-refractivity contribution >= 4 is 15.7 Å². The molecule has 2 aromatic rings. The van der Waals surface area contributed by atoms with Crippen molar-refractivity contribution in [2.75, 3.05) is 40.2 Å². The van der Waals surface area contributed by atoms with Gasteiger partial charge in [-0.15, -0.1) is 5.10 Å². The summed E-state index contributed by atoms with van der Waals surface area (Å²) in [6, 6.07) is 3.13. The summed E-state index contributed by atoms with van der Waals surface area (Å²) in [5.74, 6) is -0.126. The van der Waals surface area contributed by atoms with Crippen LogP contribution < -0.4 is 14.2 Å². The van der Waals surface area contributed by atoms with Crippen LogP contribution in [0.5, 0.6) is 17.2 Å². The quantitative estimate of drug-likeness (QED) is 0.637. The number of hydrogen-bond donors (Lipinski definition) is 0. The van der Waals surface area contributed by atoms with E-state index in [1.165, 1.54) is 21.3 Å². The molecule has 0 spiro atoms. The second-order valence-electron chi connectivity index (χ2n) is 6.84. The number of amides is 1. The average molecular weight is 439 g/mol. The van der Waals surface area contributed by atoms with Gasteiger partial charge in [0.1, 0.15) is 5.75 Å². The van der Waals surface area contributed by atoms with Gasteiger partial charge in [0.25, 0.3) is 0 Å². The minimum atomic E-state index is -4.07. The summed E-state index contributed by atoms with van der Waals surface area (Å²) < 4.78 is 46.5. The molecule has 1 aromatic heterocycles. The van der Waals surface area contributed by atoms with E-state index in [1.807, 2.05) is 0 Å². The average Bonchev–Trinajstić information content (AvgIpc) is 3.09. The first-order valence-electron chi connectivity index (χ1n) is 9.54. The van der Waals surface area contributed by atoms with Crippen molar-refractivity contribution in [3.63, 3.8) is 0 Å². The Morgan fingerprint density at radius 2 is 1.60 bits per heavy atom. The molecule has 1 aliphatic heterocycles. The molecular weight excluding hydrogens is 414 g/mol. The highest BCUT2D eigenvalue weighted by Crippen LogP contribution is 2.41. The van der Waals surface area contributed by atoms with Gasteiger partial charge in [-0.2, -0.15) is 0 Å². The lowest BCUT2D eigenvalue weighted by Gasteiger charge is -2.19. The fourth-order valence-corrected chi connectivity index (χ4v) is 4.29. The van der Waals surface area contributed by atoms with E-state index in [9.17, 15) is 13.2 Å². The van der Waals surface area contributed by atoms with Crippen LogP contribution in [-0.4, -0.2) is 69.6 Å². The van der Waals surface area contributed by atoms with Gasteiger partial charge in [-0.25, -0.2) is 8.42 Å². The molecule has 1 amide bonds. The first-order valence-corrected chi connectivity index (χ1v) is 11.2. The topological polar surface area (TPSA) is 121 Å². The fourth-order valence-electron chi connectivity index (χ4n) is 3.29. The number of hydrogen-bond acceptors (Lipinski definition) is 9. The van der Waals surface area contributed by atoms with Crippen LogP contribution in [0.25, 0.3) is 11.5 Å². The summed E-state index contributed by atoms with van der Waals surface area (Å²) in [6.07, 6.45) is 3.83. The van der Waals surface area contributed by atoms with E-state index in [0.717, 1.165) is 25.7 Å². The first kappa shape index (κ1) is 21.9. The predicted molar refractivity (Wildman–Crippen MR) is 106 cm³/mol. The molecule has 0 atom stereocenters. The van der Waals surface area contributed by atoms with Crippen molar-refractivity contribution in [2.45, 2.75) is 30.9 Å². The Morgan fingerprint density at radius 3 is 2.13 bits per heavy atom. The second kappa shape index (κ2) is 9.33. The zero-order valence-corrected chi connectivity index (χ0v) is 18.0. The Morgan fingerprint density at radius 1 is 1.00 bits per heavy atom. The lowest BCUT2D eigenvalue weighted by molar-refractivity contribution is -0.128. The molecule has 30 heavy (non-hydrogen) atoms. The number of benzene rings is 1. The van der Waals surface area contributed by atoms with Crippen LogP contribution in [-0.2, 0) is 14.6 Å². The van der Waals surface area contributed by atoms with Gasteiger partial charge in [0.2, 0.25) is 27.4 Å². The standard InChI is InChI=1S/C19H25N3O7S/c1-26-14-10-13(11-15(27-2)17(14)28-3)18-20-21-19(29-18)30(24,25)12-16(23)22-8-6-4-5-7-9-22/h10-11H,4-9,12H2,1-3H3. The molecule has 2 heterocycles. The molecule has 0 aliphatic carbocycles. The van der Waals surface area contributed by atoms with E-state index in [4.69, 9.17) is 18.6 Å². The van der Waals surface area contributed by atoms with Gasteiger partial charge < -0.3 is 23.5 Å². The number of aromatic nitrogens is 2. The van der Waals surface area contributed by atoms with E-state index in [-0.39, 0.29) is 5.89 Å². The van der Waals surface area contributed by atoms with Crippen LogP contribution in [0.15, 0.2) is 21.8 Å². The van der Waals surface area contributed by atoms with Crippen LogP contribution in [0, 0.1) is 0 Å². The number of carbonyl (C=O) groups excluding carboxylic acids is 1. The van der Waals surface area contributed by atoms with Gasteiger partial charge in [0, 0.05) is 18.7 Å². The molecular formula is C19H25N3O7S. The normalized spacial score (nSPS) is 14.8. The maximum atomic E-state index is 12.6. The molecule has 1 saturated heterocycles. The Balaban J connectivity index is 1.84. The molecule has 164 valence electrons. The molecule has 0 radical (unpaired) electrons. The van der Waals surface area contributed by atoms with Gasteiger partial charge in [-0.3, -0.25) is 4.79 Å². The molecule has 3 rings (SSSR count). The number of carbonyl (C=O) groups is 1. The Bertz CT molecular complexity index is 970. The molecule has 10 nitrogen and oxygen atoms in total. The first-order chi connectivity index (χ1) is 14.4. The smallest absolute Gasteiger partial charge is 0.336 e. The number of nitrogens with zero attached hydrogens (tertiary/aromatic N) is 3. The number of ether oxygens (including phenoxy) is 3. The van der Waals surface area contributed by atoms with Crippen molar-refractivity contribution in [2.24, 2.45) is 0 Å². The van der Waals surface area contributed by atoms with Gasteiger partial charge in [0.05, 0.1) is 21.3 Å². The summed E-state index contributed by atoms with van der Waals surface area (Å²) in [7, 11) is 0.315. The van der Waals surface area contributed by atoms with Gasteiger partial charge in [-0.05, 0) is 25.0 Å². The van der Waals surface area contributed by atoms with Crippen molar-refractivity contribution in [1.82, 2.24) is 15.1 Å². The number of sulfone groups is 1. The second-order valence-corrected chi connectivity index (χ2v) is 8.71. The van der Waals surface area contributed by atoms with Crippen LogP contribution in [0.1, 0.15) is 25.7 Å². The summed E-state index contributed by atoms with van der Waals surface area (Å²) in [5.41, 5.74) is 0.386. The summed E-state index contributed by atoms with van der Waals surface area (Å²) in [4.78, 5) is 14.0. The summed E-state index contributed by atoms with van der Waals surface area (Å²) in [5, 5.41) is 6.87. The third kappa shape index (κ3) is 4.66. The van der Waals surface area contributed by atoms with E-state index in [0.29, 0.717) is 35.9 Å². The third-order valence-corrected chi connectivity index (χ3v) is 6.18. The monoisotopic (exact) mass is 439 g/mol. The molecule has 0 saturated carbocycles. The van der Waals surface area contributed by atoms with Crippen molar-refractivity contribution in [3.05, 3.63) is 12.1 Å². The number of methoxy groups -OCH3 is 3. The number of likely N-dealkylation sites (tertiary alicyclic amines) is 1. The van der Waals surface area contributed by atoms with Gasteiger partial charge in [0.15, 0.2) is 11.5 Å². The van der Waals surface area contributed by atoms with Crippen molar-refractivity contribution in [1.29, 1.82) is 0 Å². The molecule has 0 N–H and O–H groups in total. The molecule has 0 unspecified atom stereocenters. The zero-order valence-electron chi connectivity index (χ0n) is 17.2. The van der Waals surface area contributed by atoms with Crippen LogP contribution >= 0.6 is 0 Å². The Labute approximate surface area is 175 Å². The molecule has 1 aliphatic rings. The van der Waals surface area contributed by atoms with E-state index >= 15 is 0 Å². The molecule has 11 heteroatoms. The lowest BCUT2D eigenvalue weighted by atomic mass is 10.2. The summed E-state index contributed by atoms with van der Waals surface area (Å²) >= 11 is 0. The summed E-state index contributed by atoms with van der Waals surface area (Å²) in [6.45, 7) is 1.13. The minimum Gasteiger partial charge on any atom is -0.493 e. The largest absolute Gasteiger partial charge is 0.493 e. The molecule has 1 fully saturated rings. The van der Waals surface area contributed by atoms with Crippen LogP contribution in [0.4, 0.5) is 0 Å². The minimum absolute atomic E-state index is 0.0463. The van der Waals surface area contributed by atoms with Crippen LogP contribution in [0.2, 0.25) is 0 Å². The van der Waals surface area contributed by atoms with Gasteiger partial charge >= 0.3 is 5.22 Å². The highest BCUT2D eigenvalue weighted by molar-refractivity contribution is 7.91.